The summed E-state index contributed by atoms with van der Waals surface area (Å²) < 4.78 is 2.05. The van der Waals surface area contributed by atoms with E-state index in [-0.39, 0.29) is 5.91 Å². The number of fused-ring (bicyclic) bond motifs is 1. The van der Waals surface area contributed by atoms with E-state index in [1.807, 2.05) is 13.4 Å². The molecule has 1 aromatic heterocycles. The van der Waals surface area contributed by atoms with Crippen molar-refractivity contribution in [2.75, 3.05) is 13.1 Å². The third-order valence-electron chi connectivity index (χ3n) is 4.60. The van der Waals surface area contributed by atoms with E-state index in [0.29, 0.717) is 13.1 Å². The fourth-order valence-corrected chi connectivity index (χ4v) is 3.40. The molecule has 0 bridgehead atoms. The van der Waals surface area contributed by atoms with Crippen molar-refractivity contribution in [3.63, 3.8) is 0 Å². The molecule has 0 atom stereocenters. The van der Waals surface area contributed by atoms with Crippen LogP contribution in [-0.4, -0.2) is 39.0 Å². The number of hydrogen-bond acceptors (Lipinski definition) is 4. The summed E-state index contributed by atoms with van der Waals surface area (Å²) in [6.45, 7) is 1.92. The van der Waals surface area contributed by atoms with Gasteiger partial charge < -0.3 is 9.88 Å². The number of hydrogen-bond donors (Lipinski definition) is 1. The summed E-state index contributed by atoms with van der Waals surface area (Å²) in [5.41, 5.74) is 1.70. The van der Waals surface area contributed by atoms with Crippen molar-refractivity contribution in [1.82, 2.24) is 19.8 Å². The number of rotatable bonds is 3. The fourth-order valence-electron chi connectivity index (χ4n) is 3.40. The topological polar surface area (TPSA) is 74.0 Å². The largest absolute Gasteiger partial charge is 0.337 e. The Morgan fingerprint density at radius 2 is 2.29 bits per heavy atom. The summed E-state index contributed by atoms with van der Waals surface area (Å²) in [6.07, 6.45) is 6.35. The first-order chi connectivity index (χ1) is 10.1. The molecule has 112 valence electrons. The van der Waals surface area contributed by atoms with Crippen molar-refractivity contribution < 1.29 is 4.79 Å². The van der Waals surface area contributed by atoms with Gasteiger partial charge in [-0.25, -0.2) is 4.98 Å². The number of nitrogens with one attached hydrogen (secondary N) is 1. The zero-order chi connectivity index (χ0) is 14.9. The van der Waals surface area contributed by atoms with Gasteiger partial charge in [-0.1, -0.05) is 0 Å². The molecule has 1 fully saturated rings. The Hall–Kier alpha value is -1.87. The van der Waals surface area contributed by atoms with E-state index in [1.165, 1.54) is 5.69 Å². The minimum absolute atomic E-state index is 0.0437. The maximum Gasteiger partial charge on any atom is 0.235 e. The number of aromatic nitrogens is 2. The van der Waals surface area contributed by atoms with Crippen LogP contribution in [0.1, 0.15) is 37.1 Å². The molecule has 3 rings (SSSR count). The van der Waals surface area contributed by atoms with Crippen LogP contribution in [0.3, 0.4) is 0 Å². The standard InChI is InChI=1S/C15H21N5O/c1-19-11-17-12-8-20(7-4-13(12)19)9-14(21)18-15(10-16)5-2-3-6-15/h11H,2-9H2,1H3,(H,18,21). The average Bonchev–Trinajstić information content (AvgIpc) is 3.07. The van der Waals surface area contributed by atoms with Crippen molar-refractivity contribution in [3.05, 3.63) is 17.7 Å². The molecule has 6 heteroatoms. The summed E-state index contributed by atoms with van der Waals surface area (Å²) in [5.74, 6) is -0.0437. The Kier molecular flexibility index (Phi) is 3.68. The summed E-state index contributed by atoms with van der Waals surface area (Å²) in [4.78, 5) is 18.7. The van der Waals surface area contributed by atoms with Gasteiger partial charge in [0, 0.05) is 32.3 Å². The molecule has 0 unspecified atom stereocenters. The molecule has 1 N–H and O–H groups in total. The van der Waals surface area contributed by atoms with Crippen LogP contribution in [0, 0.1) is 11.3 Å². The molecule has 2 aliphatic rings. The molecule has 0 aromatic carbocycles. The first kappa shape index (κ1) is 14.1. The Morgan fingerprint density at radius 3 is 3.00 bits per heavy atom. The molecule has 1 saturated carbocycles. The van der Waals surface area contributed by atoms with E-state index in [1.54, 1.807) is 0 Å². The van der Waals surface area contributed by atoms with Gasteiger partial charge in [-0.2, -0.15) is 5.26 Å². The van der Waals surface area contributed by atoms with Gasteiger partial charge in [-0.15, -0.1) is 0 Å². The van der Waals surface area contributed by atoms with Crippen LogP contribution in [0.15, 0.2) is 6.33 Å². The fraction of sp³-hybridized carbons (Fsp3) is 0.667. The molecule has 1 aromatic rings. The van der Waals surface area contributed by atoms with Gasteiger partial charge in [0.05, 0.1) is 24.6 Å². The number of amides is 1. The second kappa shape index (κ2) is 5.49. The van der Waals surface area contributed by atoms with Crippen molar-refractivity contribution in [3.8, 4) is 6.07 Å². The second-order valence-corrected chi connectivity index (χ2v) is 6.16. The van der Waals surface area contributed by atoms with Crippen molar-refractivity contribution in [2.45, 2.75) is 44.2 Å². The highest BCUT2D eigenvalue weighted by atomic mass is 16.2. The van der Waals surface area contributed by atoms with E-state index in [2.05, 4.69) is 25.8 Å². The lowest BCUT2D eigenvalue weighted by atomic mass is 10.00. The van der Waals surface area contributed by atoms with Crippen LogP contribution >= 0.6 is 0 Å². The minimum Gasteiger partial charge on any atom is -0.337 e. The maximum atomic E-state index is 12.2. The monoisotopic (exact) mass is 287 g/mol. The quantitative estimate of drug-likeness (QED) is 0.889. The van der Waals surface area contributed by atoms with Crippen molar-refractivity contribution in [2.24, 2.45) is 7.05 Å². The maximum absolute atomic E-state index is 12.2. The van der Waals surface area contributed by atoms with Crippen LogP contribution in [0.25, 0.3) is 0 Å². The Morgan fingerprint density at radius 1 is 1.52 bits per heavy atom. The summed E-state index contributed by atoms with van der Waals surface area (Å²) in [6, 6.07) is 2.30. The van der Waals surface area contributed by atoms with Crippen LogP contribution in [0.4, 0.5) is 0 Å². The number of aryl methyl sites for hydroxylation is 1. The molecular formula is C15H21N5O. The highest BCUT2D eigenvalue weighted by Crippen LogP contribution is 2.28. The highest BCUT2D eigenvalue weighted by molar-refractivity contribution is 5.79. The lowest BCUT2D eigenvalue weighted by Gasteiger charge is -2.28. The van der Waals surface area contributed by atoms with Crippen LogP contribution < -0.4 is 5.32 Å². The van der Waals surface area contributed by atoms with E-state index in [9.17, 15) is 10.1 Å². The molecule has 21 heavy (non-hydrogen) atoms. The summed E-state index contributed by atoms with van der Waals surface area (Å²) in [7, 11) is 2.00. The van der Waals surface area contributed by atoms with Crippen molar-refractivity contribution in [1.29, 1.82) is 5.26 Å². The third kappa shape index (κ3) is 2.79. The molecule has 6 nitrogen and oxygen atoms in total. The van der Waals surface area contributed by atoms with Crippen LogP contribution in [0.2, 0.25) is 0 Å². The number of nitriles is 1. The summed E-state index contributed by atoms with van der Waals surface area (Å²) in [5, 5.41) is 12.3. The zero-order valence-corrected chi connectivity index (χ0v) is 12.4. The van der Waals surface area contributed by atoms with Gasteiger partial charge >= 0.3 is 0 Å². The molecule has 2 heterocycles. The summed E-state index contributed by atoms with van der Waals surface area (Å²) >= 11 is 0. The normalized spacial score (nSPS) is 20.8. The highest BCUT2D eigenvalue weighted by Gasteiger charge is 2.35. The first-order valence-electron chi connectivity index (χ1n) is 7.56. The van der Waals surface area contributed by atoms with Gasteiger partial charge in [0.1, 0.15) is 5.54 Å². The Balaban J connectivity index is 1.58. The third-order valence-corrected chi connectivity index (χ3v) is 4.60. The van der Waals surface area contributed by atoms with Gasteiger partial charge in [0.15, 0.2) is 0 Å². The van der Waals surface area contributed by atoms with Crippen LogP contribution in [0.5, 0.6) is 0 Å². The number of nitrogens with zero attached hydrogens (tertiary/aromatic N) is 4. The number of imidazole rings is 1. The van der Waals surface area contributed by atoms with Crippen molar-refractivity contribution >= 4 is 5.91 Å². The van der Waals surface area contributed by atoms with E-state index < -0.39 is 5.54 Å². The van der Waals surface area contributed by atoms with Gasteiger partial charge in [0.2, 0.25) is 5.91 Å². The van der Waals surface area contributed by atoms with Gasteiger partial charge in [-0.3, -0.25) is 9.69 Å². The molecule has 1 aliphatic heterocycles. The molecule has 1 aliphatic carbocycles. The lowest BCUT2D eigenvalue weighted by molar-refractivity contribution is -0.123. The number of carbonyl (C=O) groups excluding carboxylic acids is 1. The first-order valence-corrected chi connectivity index (χ1v) is 7.56. The molecule has 0 radical (unpaired) electrons. The Bertz CT molecular complexity index is 579. The molecular weight excluding hydrogens is 266 g/mol. The van der Waals surface area contributed by atoms with Gasteiger partial charge in [0.25, 0.3) is 0 Å². The molecule has 0 saturated heterocycles. The van der Waals surface area contributed by atoms with E-state index in [0.717, 1.165) is 44.3 Å². The van der Waals surface area contributed by atoms with E-state index >= 15 is 0 Å². The Labute approximate surface area is 124 Å². The zero-order valence-electron chi connectivity index (χ0n) is 12.4. The van der Waals surface area contributed by atoms with Gasteiger partial charge in [-0.05, 0) is 25.7 Å². The average molecular weight is 287 g/mol. The molecule has 1 amide bonds. The predicted octanol–water partition coefficient (Wildman–Crippen LogP) is 0.731. The smallest absolute Gasteiger partial charge is 0.235 e. The SMILES string of the molecule is Cn1cnc2c1CCN(CC(=O)NC1(C#N)CCCC1)C2. The van der Waals surface area contributed by atoms with E-state index in [4.69, 9.17) is 0 Å². The molecule has 0 spiro atoms. The predicted molar refractivity (Wildman–Crippen MR) is 77.1 cm³/mol. The minimum atomic E-state index is -0.622. The second-order valence-electron chi connectivity index (χ2n) is 6.16. The lowest BCUT2D eigenvalue weighted by Crippen LogP contribution is -2.49. The number of carbonyl (C=O) groups is 1. The van der Waals surface area contributed by atoms with Crippen LogP contribution in [-0.2, 0) is 24.8 Å².